The number of carbonyl (C=O) groups is 1. The molecule has 3 nitrogen and oxygen atoms in total. The van der Waals surface area contributed by atoms with Crippen LogP contribution in [0.5, 0.6) is 0 Å². The largest absolute Gasteiger partial charge is 0.350 e. The topological polar surface area (TPSA) is 32.3 Å². The number of nitrogens with zero attached hydrogens (tertiary/aromatic N) is 1. The zero-order valence-electron chi connectivity index (χ0n) is 12.2. The average molecular weight is 339 g/mol. The van der Waals surface area contributed by atoms with Gasteiger partial charge in [-0.15, -0.1) is 0 Å². The molecule has 2 rings (SSSR count). The monoisotopic (exact) mass is 338 g/mol. The fourth-order valence-electron chi connectivity index (χ4n) is 2.74. The molecule has 2 atom stereocenters. The van der Waals surface area contributed by atoms with E-state index in [9.17, 15) is 4.79 Å². The molecule has 0 unspecified atom stereocenters. The van der Waals surface area contributed by atoms with Crippen LogP contribution in [0.4, 0.5) is 0 Å². The third-order valence-corrected chi connectivity index (χ3v) is 4.68. The minimum absolute atomic E-state index is 0.00520. The molecule has 1 aromatic rings. The molecule has 110 valence electrons. The lowest BCUT2D eigenvalue weighted by atomic mass is 9.99. The third-order valence-electron chi connectivity index (χ3n) is 3.99. The molecule has 0 aliphatic carbocycles. The Bertz CT molecular complexity index is 464. The molecule has 1 amide bonds. The summed E-state index contributed by atoms with van der Waals surface area (Å²) in [4.78, 5) is 14.6. The minimum Gasteiger partial charge on any atom is -0.350 e. The van der Waals surface area contributed by atoms with Gasteiger partial charge in [-0.05, 0) is 60.3 Å². The van der Waals surface area contributed by atoms with Crippen LogP contribution >= 0.6 is 15.9 Å². The van der Waals surface area contributed by atoms with Crippen molar-refractivity contribution in [3.05, 3.63) is 34.3 Å². The van der Waals surface area contributed by atoms with Crippen molar-refractivity contribution >= 4 is 21.8 Å². The summed E-state index contributed by atoms with van der Waals surface area (Å²) >= 11 is 3.42. The van der Waals surface area contributed by atoms with E-state index >= 15 is 0 Å². The molecule has 0 radical (unpaired) electrons. The van der Waals surface area contributed by atoms with E-state index in [1.54, 1.807) is 0 Å². The number of carbonyl (C=O) groups excluding carboxylic acids is 1. The van der Waals surface area contributed by atoms with Crippen molar-refractivity contribution in [3.63, 3.8) is 0 Å². The van der Waals surface area contributed by atoms with Crippen LogP contribution in [0.25, 0.3) is 0 Å². The Morgan fingerprint density at radius 2 is 2.25 bits per heavy atom. The SMILES string of the molecule is C[C@H]1CCCN([C@H](C)CNC(=O)c2ccccc2Br)C1. The molecule has 20 heavy (non-hydrogen) atoms. The molecule has 1 aromatic carbocycles. The summed E-state index contributed by atoms with van der Waals surface area (Å²) in [5.74, 6) is 0.763. The van der Waals surface area contributed by atoms with Crippen molar-refractivity contribution in [1.82, 2.24) is 10.2 Å². The quantitative estimate of drug-likeness (QED) is 0.913. The molecule has 0 spiro atoms. The molecule has 1 fully saturated rings. The van der Waals surface area contributed by atoms with Gasteiger partial charge in [0.25, 0.3) is 5.91 Å². The second-order valence-electron chi connectivity index (χ2n) is 5.78. The van der Waals surface area contributed by atoms with Gasteiger partial charge in [-0.1, -0.05) is 19.1 Å². The number of likely N-dealkylation sites (tertiary alicyclic amines) is 1. The van der Waals surface area contributed by atoms with E-state index in [-0.39, 0.29) is 5.91 Å². The smallest absolute Gasteiger partial charge is 0.252 e. The van der Waals surface area contributed by atoms with Gasteiger partial charge in [0, 0.05) is 23.6 Å². The highest BCUT2D eigenvalue weighted by molar-refractivity contribution is 9.10. The molecular formula is C16H23BrN2O. The number of benzene rings is 1. The maximum absolute atomic E-state index is 12.2. The van der Waals surface area contributed by atoms with Crippen molar-refractivity contribution in [1.29, 1.82) is 0 Å². The maximum Gasteiger partial charge on any atom is 0.252 e. The predicted octanol–water partition coefficient (Wildman–Crippen LogP) is 3.30. The highest BCUT2D eigenvalue weighted by atomic mass is 79.9. The molecule has 0 bridgehead atoms. The van der Waals surface area contributed by atoms with Gasteiger partial charge in [0.1, 0.15) is 0 Å². The van der Waals surface area contributed by atoms with Crippen LogP contribution in [-0.2, 0) is 0 Å². The number of piperidine rings is 1. The lowest BCUT2D eigenvalue weighted by Crippen LogP contribution is -2.46. The summed E-state index contributed by atoms with van der Waals surface area (Å²) < 4.78 is 0.844. The normalized spacial score (nSPS) is 21.4. The van der Waals surface area contributed by atoms with Gasteiger partial charge in [-0.3, -0.25) is 9.69 Å². The summed E-state index contributed by atoms with van der Waals surface area (Å²) in [5, 5.41) is 3.04. The Kier molecular flexibility index (Phi) is 5.61. The molecule has 1 aliphatic rings. The molecule has 0 saturated carbocycles. The van der Waals surface area contributed by atoms with Crippen LogP contribution in [0.1, 0.15) is 37.0 Å². The van der Waals surface area contributed by atoms with Crippen molar-refractivity contribution in [2.24, 2.45) is 5.92 Å². The summed E-state index contributed by atoms with van der Waals surface area (Å²) in [7, 11) is 0. The fraction of sp³-hybridized carbons (Fsp3) is 0.562. The van der Waals surface area contributed by atoms with E-state index < -0.39 is 0 Å². The zero-order valence-corrected chi connectivity index (χ0v) is 13.8. The number of hydrogen-bond donors (Lipinski definition) is 1. The third kappa shape index (κ3) is 4.06. The average Bonchev–Trinajstić information content (AvgIpc) is 2.45. The van der Waals surface area contributed by atoms with E-state index in [1.165, 1.54) is 12.8 Å². The molecular weight excluding hydrogens is 316 g/mol. The van der Waals surface area contributed by atoms with Crippen LogP contribution in [0, 0.1) is 5.92 Å². The maximum atomic E-state index is 12.2. The second kappa shape index (κ2) is 7.23. The molecule has 4 heteroatoms. The lowest BCUT2D eigenvalue weighted by Gasteiger charge is -2.35. The predicted molar refractivity (Wildman–Crippen MR) is 85.9 cm³/mol. The fourth-order valence-corrected chi connectivity index (χ4v) is 3.20. The van der Waals surface area contributed by atoms with Crippen molar-refractivity contribution in [3.8, 4) is 0 Å². The summed E-state index contributed by atoms with van der Waals surface area (Å²) in [6, 6.07) is 7.93. The first-order valence-corrected chi connectivity index (χ1v) is 8.14. The lowest BCUT2D eigenvalue weighted by molar-refractivity contribution is 0.0917. The van der Waals surface area contributed by atoms with E-state index in [2.05, 4.69) is 40.0 Å². The Hall–Kier alpha value is -0.870. The molecule has 1 saturated heterocycles. The number of halogens is 1. The van der Waals surface area contributed by atoms with Gasteiger partial charge in [-0.25, -0.2) is 0 Å². The number of amides is 1. The first-order chi connectivity index (χ1) is 9.58. The first-order valence-electron chi connectivity index (χ1n) is 7.34. The van der Waals surface area contributed by atoms with Gasteiger partial charge in [0.2, 0.25) is 0 Å². The van der Waals surface area contributed by atoms with Gasteiger partial charge >= 0.3 is 0 Å². The summed E-state index contributed by atoms with van der Waals surface area (Å²) in [6.45, 7) is 7.49. The second-order valence-corrected chi connectivity index (χ2v) is 6.64. The zero-order chi connectivity index (χ0) is 14.5. The van der Waals surface area contributed by atoms with E-state index in [1.807, 2.05) is 24.3 Å². The Morgan fingerprint density at radius 1 is 1.50 bits per heavy atom. The van der Waals surface area contributed by atoms with E-state index in [0.29, 0.717) is 18.2 Å². The summed E-state index contributed by atoms with van der Waals surface area (Å²) in [5.41, 5.74) is 0.701. The van der Waals surface area contributed by atoms with Crippen LogP contribution < -0.4 is 5.32 Å². The summed E-state index contributed by atoms with van der Waals surface area (Å²) in [6.07, 6.45) is 2.59. The number of nitrogens with one attached hydrogen (secondary N) is 1. The highest BCUT2D eigenvalue weighted by Crippen LogP contribution is 2.18. The molecule has 0 aromatic heterocycles. The highest BCUT2D eigenvalue weighted by Gasteiger charge is 2.21. The minimum atomic E-state index is -0.00520. The molecule has 1 heterocycles. The molecule has 1 aliphatic heterocycles. The standard InChI is InChI=1S/C16H23BrN2O/c1-12-6-5-9-19(11-12)13(2)10-18-16(20)14-7-3-4-8-15(14)17/h3-4,7-8,12-13H,5-6,9-11H2,1-2H3,(H,18,20)/t12-,13+/m0/s1. The Labute approximate surface area is 129 Å². The van der Waals surface area contributed by atoms with Crippen LogP contribution in [-0.4, -0.2) is 36.5 Å². The van der Waals surface area contributed by atoms with Crippen molar-refractivity contribution in [2.75, 3.05) is 19.6 Å². The van der Waals surface area contributed by atoms with Crippen LogP contribution in [0.3, 0.4) is 0 Å². The van der Waals surface area contributed by atoms with Crippen LogP contribution in [0.2, 0.25) is 0 Å². The van der Waals surface area contributed by atoms with Crippen molar-refractivity contribution < 1.29 is 4.79 Å². The van der Waals surface area contributed by atoms with Gasteiger partial charge in [0.15, 0.2) is 0 Å². The van der Waals surface area contributed by atoms with Gasteiger partial charge < -0.3 is 5.32 Å². The number of rotatable bonds is 4. The van der Waals surface area contributed by atoms with E-state index in [4.69, 9.17) is 0 Å². The van der Waals surface area contributed by atoms with Gasteiger partial charge in [0.05, 0.1) is 5.56 Å². The first kappa shape index (κ1) is 15.5. The van der Waals surface area contributed by atoms with Crippen LogP contribution in [0.15, 0.2) is 28.7 Å². The van der Waals surface area contributed by atoms with E-state index in [0.717, 1.165) is 23.5 Å². The Balaban J connectivity index is 1.85. The number of hydrogen-bond acceptors (Lipinski definition) is 2. The van der Waals surface area contributed by atoms with Crippen molar-refractivity contribution in [2.45, 2.75) is 32.7 Å². The molecule has 1 N–H and O–H groups in total. The van der Waals surface area contributed by atoms with Gasteiger partial charge in [-0.2, -0.15) is 0 Å². The Morgan fingerprint density at radius 3 is 2.95 bits per heavy atom.